The first kappa shape index (κ1) is 15.5. The monoisotopic (exact) mass is 293 g/mol. The molecule has 0 aromatic carbocycles. The van der Waals surface area contributed by atoms with Crippen molar-refractivity contribution < 1.29 is 14.3 Å². The fourth-order valence-electron chi connectivity index (χ4n) is 2.28. The number of carbonyl (C=O) groups is 1. The van der Waals surface area contributed by atoms with E-state index >= 15 is 0 Å². The van der Waals surface area contributed by atoms with E-state index in [1.54, 1.807) is 17.3 Å². The summed E-state index contributed by atoms with van der Waals surface area (Å²) >= 11 is 0. The van der Waals surface area contributed by atoms with Gasteiger partial charge in [-0.25, -0.2) is 9.78 Å². The minimum atomic E-state index is -0.480. The normalized spacial score (nSPS) is 18.7. The quantitative estimate of drug-likeness (QED) is 0.857. The molecular weight excluding hydrogens is 270 g/mol. The van der Waals surface area contributed by atoms with E-state index in [0.717, 1.165) is 18.5 Å². The van der Waals surface area contributed by atoms with E-state index < -0.39 is 5.60 Å². The van der Waals surface area contributed by atoms with Gasteiger partial charge in [-0.05, 0) is 40.5 Å². The number of hydrogen-bond acceptors (Lipinski definition) is 5. The number of aryl methyl sites for hydroxylation is 1. The molecule has 1 aromatic heterocycles. The predicted octanol–water partition coefficient (Wildman–Crippen LogP) is 2.56. The standard InChI is InChI=1S/C15H23N3O3/c1-11-13(17-8-7-16-11)20-10-12-6-5-9-18(12)14(19)21-15(2,3)4/h7-8,12H,5-6,9-10H2,1-4H3/t12-/m0/s1. The molecule has 6 nitrogen and oxygen atoms in total. The second-order valence-electron chi connectivity index (χ2n) is 6.23. The van der Waals surface area contributed by atoms with E-state index in [1.807, 2.05) is 27.7 Å². The number of nitrogens with zero attached hydrogens (tertiary/aromatic N) is 3. The van der Waals surface area contributed by atoms with Crippen LogP contribution in [0.5, 0.6) is 5.88 Å². The molecule has 21 heavy (non-hydrogen) atoms. The van der Waals surface area contributed by atoms with Gasteiger partial charge in [-0.15, -0.1) is 0 Å². The lowest BCUT2D eigenvalue weighted by Gasteiger charge is -2.28. The van der Waals surface area contributed by atoms with Crippen LogP contribution in [0.1, 0.15) is 39.3 Å². The summed E-state index contributed by atoms with van der Waals surface area (Å²) in [4.78, 5) is 22.2. The van der Waals surface area contributed by atoms with Gasteiger partial charge >= 0.3 is 6.09 Å². The maximum absolute atomic E-state index is 12.2. The van der Waals surface area contributed by atoms with Crippen LogP contribution in [-0.4, -0.2) is 45.8 Å². The molecular formula is C15H23N3O3. The predicted molar refractivity (Wildman–Crippen MR) is 78.2 cm³/mol. The van der Waals surface area contributed by atoms with E-state index in [0.29, 0.717) is 19.0 Å². The Morgan fingerprint density at radius 2 is 2.10 bits per heavy atom. The van der Waals surface area contributed by atoms with E-state index in [1.165, 1.54) is 0 Å². The number of aromatic nitrogens is 2. The minimum absolute atomic E-state index is 0.0289. The Kier molecular flexibility index (Phi) is 4.65. The van der Waals surface area contributed by atoms with Gasteiger partial charge in [-0.3, -0.25) is 4.98 Å². The summed E-state index contributed by atoms with van der Waals surface area (Å²) < 4.78 is 11.1. The highest BCUT2D eigenvalue weighted by Crippen LogP contribution is 2.22. The third-order valence-corrected chi connectivity index (χ3v) is 3.25. The minimum Gasteiger partial charge on any atom is -0.474 e. The van der Waals surface area contributed by atoms with Gasteiger partial charge in [0.25, 0.3) is 0 Å². The van der Waals surface area contributed by atoms with Crippen LogP contribution in [0, 0.1) is 6.92 Å². The Morgan fingerprint density at radius 1 is 1.38 bits per heavy atom. The number of hydrogen-bond donors (Lipinski definition) is 0. The molecule has 1 atom stereocenters. The van der Waals surface area contributed by atoms with Crippen molar-refractivity contribution in [2.24, 2.45) is 0 Å². The van der Waals surface area contributed by atoms with Crippen molar-refractivity contribution in [2.45, 2.75) is 52.2 Å². The van der Waals surface area contributed by atoms with E-state index in [4.69, 9.17) is 9.47 Å². The molecule has 0 bridgehead atoms. The molecule has 0 saturated carbocycles. The zero-order chi connectivity index (χ0) is 15.5. The molecule has 0 spiro atoms. The van der Waals surface area contributed by atoms with Crippen LogP contribution in [0.2, 0.25) is 0 Å². The van der Waals surface area contributed by atoms with Crippen molar-refractivity contribution >= 4 is 6.09 Å². The SMILES string of the molecule is Cc1nccnc1OC[C@@H]1CCCN1C(=O)OC(C)(C)C. The highest BCUT2D eigenvalue weighted by Gasteiger charge is 2.32. The lowest BCUT2D eigenvalue weighted by atomic mass is 10.2. The molecule has 116 valence electrons. The van der Waals surface area contributed by atoms with Crippen LogP contribution in [0.4, 0.5) is 4.79 Å². The second-order valence-corrected chi connectivity index (χ2v) is 6.23. The van der Waals surface area contributed by atoms with Crippen molar-refractivity contribution in [1.82, 2.24) is 14.9 Å². The maximum Gasteiger partial charge on any atom is 0.410 e. The number of ether oxygens (including phenoxy) is 2. The zero-order valence-electron chi connectivity index (χ0n) is 13.1. The van der Waals surface area contributed by atoms with Gasteiger partial charge in [0.2, 0.25) is 5.88 Å². The first-order valence-corrected chi connectivity index (χ1v) is 7.27. The lowest BCUT2D eigenvalue weighted by Crippen LogP contribution is -2.42. The molecule has 2 heterocycles. The van der Waals surface area contributed by atoms with E-state index in [9.17, 15) is 4.79 Å². The van der Waals surface area contributed by atoms with Crippen molar-refractivity contribution in [2.75, 3.05) is 13.2 Å². The highest BCUT2D eigenvalue weighted by atomic mass is 16.6. The van der Waals surface area contributed by atoms with Crippen molar-refractivity contribution in [3.63, 3.8) is 0 Å². The van der Waals surface area contributed by atoms with Gasteiger partial charge in [-0.2, -0.15) is 0 Å². The van der Waals surface area contributed by atoms with Gasteiger partial charge in [-0.1, -0.05) is 0 Å². The van der Waals surface area contributed by atoms with Gasteiger partial charge in [0, 0.05) is 18.9 Å². The molecule has 2 rings (SSSR count). The average Bonchev–Trinajstić information content (AvgIpc) is 2.84. The smallest absolute Gasteiger partial charge is 0.410 e. The maximum atomic E-state index is 12.2. The van der Waals surface area contributed by atoms with Crippen LogP contribution in [-0.2, 0) is 4.74 Å². The third-order valence-electron chi connectivity index (χ3n) is 3.25. The molecule has 0 aliphatic carbocycles. The van der Waals surface area contributed by atoms with E-state index in [-0.39, 0.29) is 12.1 Å². The van der Waals surface area contributed by atoms with Crippen LogP contribution < -0.4 is 4.74 Å². The van der Waals surface area contributed by atoms with Crippen LogP contribution in [0.3, 0.4) is 0 Å². The molecule has 6 heteroatoms. The molecule has 1 aliphatic rings. The van der Waals surface area contributed by atoms with Gasteiger partial charge in [0.15, 0.2) is 0 Å². The Morgan fingerprint density at radius 3 is 2.76 bits per heavy atom. The van der Waals surface area contributed by atoms with Crippen molar-refractivity contribution in [1.29, 1.82) is 0 Å². The first-order chi connectivity index (χ1) is 9.87. The van der Waals surface area contributed by atoms with Crippen LogP contribution >= 0.6 is 0 Å². The Labute approximate surface area is 125 Å². The lowest BCUT2D eigenvalue weighted by molar-refractivity contribution is 0.0185. The third kappa shape index (κ3) is 4.31. The Balaban J connectivity index is 1.93. The highest BCUT2D eigenvalue weighted by molar-refractivity contribution is 5.69. The van der Waals surface area contributed by atoms with Gasteiger partial charge < -0.3 is 14.4 Å². The summed E-state index contributed by atoms with van der Waals surface area (Å²) in [6.45, 7) is 8.59. The number of carbonyl (C=O) groups excluding carboxylic acids is 1. The zero-order valence-corrected chi connectivity index (χ0v) is 13.1. The average molecular weight is 293 g/mol. The largest absolute Gasteiger partial charge is 0.474 e. The van der Waals surface area contributed by atoms with Crippen LogP contribution in [0.15, 0.2) is 12.4 Å². The fourth-order valence-corrected chi connectivity index (χ4v) is 2.28. The molecule has 1 aromatic rings. The fraction of sp³-hybridized carbons (Fsp3) is 0.667. The molecule has 0 unspecified atom stereocenters. The number of likely N-dealkylation sites (tertiary alicyclic amines) is 1. The molecule has 0 N–H and O–H groups in total. The molecule has 1 aliphatic heterocycles. The Bertz CT molecular complexity index is 499. The second kappa shape index (κ2) is 6.28. The Hall–Kier alpha value is -1.85. The molecule has 0 radical (unpaired) electrons. The number of amides is 1. The number of rotatable bonds is 3. The summed E-state index contributed by atoms with van der Waals surface area (Å²) in [5, 5.41) is 0. The molecule has 1 saturated heterocycles. The van der Waals surface area contributed by atoms with Crippen molar-refractivity contribution in [3.05, 3.63) is 18.1 Å². The molecule has 1 amide bonds. The summed E-state index contributed by atoms with van der Waals surface area (Å²) in [6, 6.07) is 0.0289. The topological polar surface area (TPSA) is 64.6 Å². The van der Waals surface area contributed by atoms with E-state index in [2.05, 4.69) is 9.97 Å². The van der Waals surface area contributed by atoms with Crippen LogP contribution in [0.25, 0.3) is 0 Å². The summed E-state index contributed by atoms with van der Waals surface area (Å²) in [6.07, 6.45) is 4.84. The van der Waals surface area contributed by atoms with Crippen molar-refractivity contribution in [3.8, 4) is 5.88 Å². The summed E-state index contributed by atoms with van der Waals surface area (Å²) in [5.41, 5.74) is 0.270. The summed E-state index contributed by atoms with van der Waals surface area (Å²) in [5.74, 6) is 0.522. The van der Waals surface area contributed by atoms with Gasteiger partial charge in [0.1, 0.15) is 12.2 Å². The summed E-state index contributed by atoms with van der Waals surface area (Å²) in [7, 11) is 0. The first-order valence-electron chi connectivity index (χ1n) is 7.27. The molecule has 1 fully saturated rings. The van der Waals surface area contributed by atoms with Gasteiger partial charge in [0.05, 0.1) is 11.7 Å².